The summed E-state index contributed by atoms with van der Waals surface area (Å²) in [5.74, 6) is 0.722. The highest BCUT2D eigenvalue weighted by molar-refractivity contribution is 7.09. The Kier molecular flexibility index (Phi) is 3.28. The lowest BCUT2D eigenvalue weighted by molar-refractivity contribution is 0.0558. The highest BCUT2D eigenvalue weighted by Crippen LogP contribution is 2.38. The molecule has 2 aromatic rings. The molecule has 7 heteroatoms. The van der Waals surface area contributed by atoms with Gasteiger partial charge in [-0.15, -0.1) is 11.3 Å². The van der Waals surface area contributed by atoms with Gasteiger partial charge in [-0.1, -0.05) is 0 Å². The molecule has 0 unspecified atom stereocenters. The number of hydrogen-bond donors (Lipinski definition) is 0. The summed E-state index contributed by atoms with van der Waals surface area (Å²) in [6, 6.07) is 4.04. The monoisotopic (exact) mass is 356 g/mol. The van der Waals surface area contributed by atoms with Crippen LogP contribution in [0.3, 0.4) is 0 Å². The Bertz CT molecular complexity index is 853. The second-order valence-electron chi connectivity index (χ2n) is 7.30. The molecule has 2 aliphatic heterocycles. The van der Waals surface area contributed by atoms with E-state index >= 15 is 0 Å². The normalized spacial score (nSPS) is 25.2. The number of fused-ring (bicyclic) bond motifs is 3. The molecule has 0 N–H and O–H groups in total. The predicted molar refractivity (Wildman–Crippen MR) is 93.8 cm³/mol. The maximum Gasteiger partial charge on any atom is 0.273 e. The largest absolute Gasteiger partial charge is 0.337 e. The lowest BCUT2D eigenvalue weighted by atomic mass is 10.1. The van der Waals surface area contributed by atoms with Crippen LogP contribution in [-0.2, 0) is 0 Å². The molecule has 0 aromatic carbocycles. The van der Waals surface area contributed by atoms with Crippen molar-refractivity contribution < 1.29 is 9.59 Å². The lowest BCUT2D eigenvalue weighted by Crippen LogP contribution is -2.51. The topological polar surface area (TPSA) is 58.4 Å². The van der Waals surface area contributed by atoms with Crippen LogP contribution in [0.5, 0.6) is 0 Å². The van der Waals surface area contributed by atoms with Crippen molar-refractivity contribution in [1.82, 2.24) is 19.4 Å². The SMILES string of the molecule is Cc1nc(C(=O)N2C[C@@H]3[C@H](C2)n2cccc2C(=O)N3CC2CC2)cs1. The van der Waals surface area contributed by atoms with E-state index in [-0.39, 0.29) is 23.9 Å². The molecule has 5 rings (SSSR count). The molecule has 3 aliphatic rings. The van der Waals surface area contributed by atoms with Crippen molar-refractivity contribution in [3.05, 3.63) is 40.1 Å². The van der Waals surface area contributed by atoms with Crippen LogP contribution in [0.2, 0.25) is 0 Å². The summed E-state index contributed by atoms with van der Waals surface area (Å²) in [4.78, 5) is 34.0. The van der Waals surface area contributed by atoms with E-state index < -0.39 is 0 Å². The van der Waals surface area contributed by atoms with E-state index in [1.165, 1.54) is 24.2 Å². The maximum atomic E-state index is 12.9. The fourth-order valence-corrected chi connectivity index (χ4v) is 4.68. The molecule has 1 aliphatic carbocycles. The third kappa shape index (κ3) is 2.40. The van der Waals surface area contributed by atoms with Crippen LogP contribution in [0.4, 0.5) is 0 Å². The van der Waals surface area contributed by atoms with Gasteiger partial charge in [-0.25, -0.2) is 4.98 Å². The van der Waals surface area contributed by atoms with Crippen molar-refractivity contribution in [2.24, 2.45) is 5.92 Å². The first-order valence-electron chi connectivity index (χ1n) is 8.81. The maximum absolute atomic E-state index is 12.9. The molecule has 0 radical (unpaired) electrons. The molecule has 2 fully saturated rings. The van der Waals surface area contributed by atoms with Gasteiger partial charge in [0, 0.05) is 31.2 Å². The third-order valence-corrected chi connectivity index (χ3v) is 6.33. The van der Waals surface area contributed by atoms with Gasteiger partial charge in [0.15, 0.2) is 0 Å². The molecule has 130 valence electrons. The van der Waals surface area contributed by atoms with E-state index in [1.807, 2.05) is 40.4 Å². The molecule has 2 amide bonds. The van der Waals surface area contributed by atoms with Gasteiger partial charge in [0.05, 0.1) is 17.1 Å². The predicted octanol–water partition coefficient (Wildman–Crippen LogP) is 2.18. The average molecular weight is 356 g/mol. The number of amides is 2. The van der Waals surface area contributed by atoms with E-state index in [0.717, 1.165) is 17.2 Å². The standard InChI is InChI=1S/C18H20N4O2S/c1-11-19-13(10-25-11)17(23)20-8-15-16(9-20)22(7-12-4-5-12)18(24)14-3-2-6-21(14)15/h2-3,6,10,12,15-16H,4-5,7-9H2,1H3/t15-,16+/m0/s1. The first-order valence-corrected chi connectivity index (χ1v) is 9.69. The van der Waals surface area contributed by atoms with Crippen molar-refractivity contribution in [3.63, 3.8) is 0 Å². The van der Waals surface area contributed by atoms with Crippen LogP contribution in [-0.4, -0.2) is 56.8 Å². The zero-order valence-electron chi connectivity index (χ0n) is 14.1. The lowest BCUT2D eigenvalue weighted by Gasteiger charge is -2.38. The fraction of sp³-hybridized carbons (Fsp3) is 0.500. The molecule has 4 heterocycles. The van der Waals surface area contributed by atoms with E-state index in [1.54, 1.807) is 0 Å². The summed E-state index contributed by atoms with van der Waals surface area (Å²) in [7, 11) is 0. The molecule has 2 aromatic heterocycles. The van der Waals surface area contributed by atoms with Crippen LogP contribution in [0.25, 0.3) is 0 Å². The van der Waals surface area contributed by atoms with Gasteiger partial charge in [-0.3, -0.25) is 9.59 Å². The number of rotatable bonds is 3. The summed E-state index contributed by atoms with van der Waals surface area (Å²) in [5.41, 5.74) is 1.27. The molecule has 1 saturated carbocycles. The van der Waals surface area contributed by atoms with Gasteiger partial charge < -0.3 is 14.4 Å². The molecule has 0 spiro atoms. The van der Waals surface area contributed by atoms with Crippen LogP contribution >= 0.6 is 11.3 Å². The summed E-state index contributed by atoms with van der Waals surface area (Å²) in [5, 5.41) is 2.73. The molecular weight excluding hydrogens is 336 g/mol. The Morgan fingerprint density at radius 3 is 2.84 bits per heavy atom. The van der Waals surface area contributed by atoms with Gasteiger partial charge in [0.2, 0.25) is 0 Å². The minimum Gasteiger partial charge on any atom is -0.337 e. The number of hydrogen-bond acceptors (Lipinski definition) is 4. The minimum atomic E-state index is -0.0220. The van der Waals surface area contributed by atoms with Crippen LogP contribution in [0.1, 0.15) is 44.9 Å². The first-order chi connectivity index (χ1) is 12.1. The highest BCUT2D eigenvalue weighted by atomic mass is 32.1. The van der Waals surface area contributed by atoms with Crippen molar-refractivity contribution in [1.29, 1.82) is 0 Å². The molecule has 25 heavy (non-hydrogen) atoms. The highest BCUT2D eigenvalue weighted by Gasteiger charge is 2.47. The number of aryl methyl sites for hydroxylation is 1. The summed E-state index contributed by atoms with van der Waals surface area (Å²) in [6.45, 7) is 3.96. The van der Waals surface area contributed by atoms with Crippen LogP contribution < -0.4 is 0 Å². The zero-order chi connectivity index (χ0) is 17.1. The van der Waals surface area contributed by atoms with Crippen molar-refractivity contribution in [2.45, 2.75) is 31.8 Å². The van der Waals surface area contributed by atoms with E-state index in [9.17, 15) is 9.59 Å². The Labute approximate surface area is 150 Å². The van der Waals surface area contributed by atoms with Crippen molar-refractivity contribution in [3.8, 4) is 0 Å². The smallest absolute Gasteiger partial charge is 0.273 e. The third-order valence-electron chi connectivity index (χ3n) is 5.55. The summed E-state index contributed by atoms with van der Waals surface area (Å²) >= 11 is 1.50. The molecule has 6 nitrogen and oxygen atoms in total. The van der Waals surface area contributed by atoms with Gasteiger partial charge in [0.1, 0.15) is 11.4 Å². The molecular formula is C18H20N4O2S. The molecule has 0 bridgehead atoms. The van der Waals surface area contributed by atoms with Crippen LogP contribution in [0.15, 0.2) is 23.7 Å². The number of likely N-dealkylation sites (tertiary alicyclic amines) is 1. The minimum absolute atomic E-state index is 0.0220. The zero-order valence-corrected chi connectivity index (χ0v) is 14.9. The fourth-order valence-electron chi connectivity index (χ4n) is 4.10. The number of carbonyl (C=O) groups excluding carboxylic acids is 2. The summed E-state index contributed by atoms with van der Waals surface area (Å²) in [6.07, 6.45) is 4.40. The Morgan fingerprint density at radius 2 is 2.12 bits per heavy atom. The second kappa shape index (κ2) is 5.42. The van der Waals surface area contributed by atoms with E-state index in [0.29, 0.717) is 24.7 Å². The molecule has 1 saturated heterocycles. The Morgan fingerprint density at radius 1 is 1.32 bits per heavy atom. The second-order valence-corrected chi connectivity index (χ2v) is 8.36. The number of thiazole rings is 1. The van der Waals surface area contributed by atoms with E-state index in [4.69, 9.17) is 0 Å². The van der Waals surface area contributed by atoms with Crippen molar-refractivity contribution >= 4 is 23.2 Å². The van der Waals surface area contributed by atoms with Gasteiger partial charge >= 0.3 is 0 Å². The molecule has 2 atom stereocenters. The summed E-state index contributed by atoms with van der Waals surface area (Å²) < 4.78 is 2.07. The average Bonchev–Trinajstić information content (AvgIpc) is 3.02. The Balaban J connectivity index is 1.46. The van der Waals surface area contributed by atoms with Gasteiger partial charge in [-0.05, 0) is 37.8 Å². The Hall–Kier alpha value is -2.15. The van der Waals surface area contributed by atoms with Crippen LogP contribution in [0, 0.1) is 12.8 Å². The van der Waals surface area contributed by atoms with Crippen molar-refractivity contribution in [2.75, 3.05) is 19.6 Å². The number of aromatic nitrogens is 2. The quantitative estimate of drug-likeness (QED) is 0.847. The number of carbonyl (C=O) groups is 2. The first kappa shape index (κ1) is 15.1. The number of nitrogens with zero attached hydrogens (tertiary/aromatic N) is 4. The van der Waals surface area contributed by atoms with Gasteiger partial charge in [-0.2, -0.15) is 0 Å². The van der Waals surface area contributed by atoms with Gasteiger partial charge in [0.25, 0.3) is 11.8 Å². The van der Waals surface area contributed by atoms with E-state index in [2.05, 4.69) is 9.55 Å².